The molecule has 226 valence electrons. The number of alkyl halides is 3. The normalized spacial score (nSPS) is 11.7. The van der Waals surface area contributed by atoms with Gasteiger partial charge in [-0.25, -0.2) is 9.97 Å². The molecule has 5 N–H and O–H groups in total. The number of nitrogens with one attached hydrogen (secondary N) is 3. The van der Waals surface area contributed by atoms with Crippen LogP contribution in [0.4, 0.5) is 36.3 Å². The summed E-state index contributed by atoms with van der Waals surface area (Å²) in [6.07, 6.45) is 0.402. The molecule has 1 aromatic carbocycles. The molecule has 1 atom stereocenters. The third-order valence-electron chi connectivity index (χ3n) is 5.96. The van der Waals surface area contributed by atoms with Gasteiger partial charge in [-0.15, -0.1) is 9.42 Å². The summed E-state index contributed by atoms with van der Waals surface area (Å²) in [5.41, 5.74) is 0.616. The number of unbranched alkanes of at least 4 members (excludes halogenated alkanes) is 1. The Hall–Kier alpha value is -4.50. The number of carbonyl (C=O) groups excluding carboxylic acids is 1. The summed E-state index contributed by atoms with van der Waals surface area (Å²) in [4.78, 5) is 33.7. The zero-order valence-corrected chi connectivity index (χ0v) is 23.6. The summed E-state index contributed by atoms with van der Waals surface area (Å²) in [5.74, 6) is -1.42. The maximum atomic E-state index is 13.9. The Morgan fingerprint density at radius 2 is 1.84 bits per heavy atom. The number of anilines is 4. The number of hydrogen-bond donors (Lipinski definition) is 5. The molecule has 13 nitrogen and oxygen atoms in total. The maximum absolute atomic E-state index is 13.9. The van der Waals surface area contributed by atoms with E-state index in [1.165, 1.54) is 19.2 Å². The lowest BCUT2D eigenvalue weighted by Gasteiger charge is -2.16. The highest BCUT2D eigenvalue weighted by Crippen LogP contribution is 2.36. The molecule has 0 bridgehead atoms. The molecule has 17 heteroatoms. The summed E-state index contributed by atoms with van der Waals surface area (Å²) in [7, 11) is -1.39. The van der Waals surface area contributed by atoms with Crippen molar-refractivity contribution in [2.24, 2.45) is 0 Å². The molecule has 0 aliphatic heterocycles. The van der Waals surface area contributed by atoms with E-state index in [4.69, 9.17) is 10.00 Å². The summed E-state index contributed by atoms with van der Waals surface area (Å²) in [5, 5.41) is 21.1. The van der Waals surface area contributed by atoms with Crippen LogP contribution < -0.4 is 16.0 Å². The topological polar surface area (TPSA) is 176 Å². The second-order valence-electron chi connectivity index (χ2n) is 9.01. The van der Waals surface area contributed by atoms with Crippen molar-refractivity contribution in [1.82, 2.24) is 30.0 Å². The lowest BCUT2D eigenvalue weighted by atomic mass is 10.1. The Morgan fingerprint density at radius 3 is 2.51 bits per heavy atom. The lowest BCUT2D eigenvalue weighted by Crippen LogP contribution is -2.21. The van der Waals surface area contributed by atoms with Crippen LogP contribution in [0.1, 0.15) is 34.5 Å². The van der Waals surface area contributed by atoms with Crippen LogP contribution in [0.25, 0.3) is 11.3 Å². The van der Waals surface area contributed by atoms with Crippen molar-refractivity contribution in [3.8, 4) is 11.3 Å². The van der Waals surface area contributed by atoms with Gasteiger partial charge in [0.2, 0.25) is 5.95 Å². The van der Waals surface area contributed by atoms with Crippen molar-refractivity contribution in [1.29, 1.82) is 0 Å². The number of amides is 1. The van der Waals surface area contributed by atoms with Gasteiger partial charge in [0.25, 0.3) is 5.91 Å². The summed E-state index contributed by atoms with van der Waals surface area (Å²) < 4.78 is 58.7. The van der Waals surface area contributed by atoms with Crippen LogP contribution in [0.3, 0.4) is 0 Å². The van der Waals surface area contributed by atoms with Gasteiger partial charge >= 0.3 is 14.4 Å². The second-order valence-corrected chi connectivity index (χ2v) is 9.74. The highest BCUT2D eigenvalue weighted by atomic mass is 31.1. The van der Waals surface area contributed by atoms with Crippen LogP contribution in [-0.2, 0) is 28.4 Å². The van der Waals surface area contributed by atoms with E-state index in [1.54, 1.807) is 41.3 Å². The first-order chi connectivity index (χ1) is 20.6. The third kappa shape index (κ3) is 8.51. The van der Waals surface area contributed by atoms with Crippen LogP contribution in [0.5, 0.6) is 0 Å². The number of pyridine rings is 1. The predicted molar refractivity (Wildman–Crippen MR) is 150 cm³/mol. The first-order valence-corrected chi connectivity index (χ1v) is 13.9. The van der Waals surface area contributed by atoms with Crippen molar-refractivity contribution >= 4 is 37.3 Å². The van der Waals surface area contributed by atoms with Crippen molar-refractivity contribution in [3.63, 3.8) is 0 Å². The Bertz CT molecular complexity index is 1580. The fourth-order valence-corrected chi connectivity index (χ4v) is 4.09. The number of aryl methyl sites for hydroxylation is 1. The van der Waals surface area contributed by atoms with Gasteiger partial charge in [0.05, 0.1) is 17.6 Å². The molecule has 0 aliphatic rings. The number of halogens is 3. The number of hydrogen-bond acceptors (Lipinski definition) is 10. The SMILES string of the molecule is CNC(=O)c1nc(-c2cnn(CCCCO)c2)ccc1Nc1nc(Nc2ccc(CO[P+](=O)O)cc2)ncc1C(F)(F)F. The van der Waals surface area contributed by atoms with Crippen molar-refractivity contribution in [2.45, 2.75) is 32.2 Å². The Morgan fingerprint density at radius 1 is 1.07 bits per heavy atom. The monoisotopic (exact) mass is 619 g/mol. The van der Waals surface area contributed by atoms with Gasteiger partial charge in [-0.2, -0.15) is 23.3 Å². The number of aliphatic hydroxyl groups excluding tert-OH is 1. The van der Waals surface area contributed by atoms with Crippen molar-refractivity contribution in [3.05, 3.63) is 71.8 Å². The molecule has 0 aliphatic carbocycles. The second kappa shape index (κ2) is 14.1. The van der Waals surface area contributed by atoms with E-state index in [-0.39, 0.29) is 30.5 Å². The zero-order valence-electron chi connectivity index (χ0n) is 22.7. The molecule has 4 rings (SSSR count). The van der Waals surface area contributed by atoms with E-state index in [9.17, 15) is 22.5 Å². The van der Waals surface area contributed by atoms with E-state index < -0.39 is 31.7 Å². The summed E-state index contributed by atoms with van der Waals surface area (Å²) in [6, 6.07) is 9.27. The van der Waals surface area contributed by atoms with Gasteiger partial charge in [-0.05, 0) is 42.7 Å². The van der Waals surface area contributed by atoms with Crippen molar-refractivity contribution < 1.29 is 37.1 Å². The number of carbonyl (C=O) groups is 1. The van der Waals surface area contributed by atoms with E-state index in [1.807, 2.05) is 0 Å². The van der Waals surface area contributed by atoms with Crippen LogP contribution in [0.2, 0.25) is 0 Å². The minimum Gasteiger partial charge on any atom is -0.396 e. The summed E-state index contributed by atoms with van der Waals surface area (Å²) in [6.45, 7) is 0.529. The number of rotatable bonds is 13. The fourth-order valence-electron chi connectivity index (χ4n) is 3.83. The minimum absolute atomic E-state index is 0.0276. The molecule has 0 fully saturated rings. The Kier molecular flexibility index (Phi) is 10.3. The van der Waals surface area contributed by atoms with Gasteiger partial charge in [0.1, 0.15) is 18.0 Å². The van der Waals surface area contributed by atoms with Gasteiger partial charge in [-0.3, -0.25) is 9.48 Å². The standard InChI is InChI=1S/C26H26F3N8O5P/c1-30-24(39)22-21(9-8-20(34-22)17-12-32-37(14-17)10-2-3-11-38)35-23-19(26(27,28)29)13-31-25(36-23)33-18-6-4-16(5-7-18)15-42-43(40)41/h4-9,12-14,38H,2-3,10-11,15H2,1H3,(H3-,30,31,33,35,36,39,40,41)/p+1. The van der Waals surface area contributed by atoms with Crippen LogP contribution in [0, 0.1) is 0 Å². The Balaban J connectivity index is 1.62. The number of aromatic nitrogens is 5. The molecule has 3 aromatic heterocycles. The molecular weight excluding hydrogens is 592 g/mol. The Labute approximate surface area is 244 Å². The quantitative estimate of drug-likeness (QED) is 0.105. The first-order valence-electron chi connectivity index (χ1n) is 12.8. The largest absolute Gasteiger partial charge is 0.695 e. The highest BCUT2D eigenvalue weighted by Gasteiger charge is 2.36. The average Bonchev–Trinajstić information content (AvgIpc) is 3.45. The highest BCUT2D eigenvalue weighted by molar-refractivity contribution is 7.32. The van der Waals surface area contributed by atoms with E-state index >= 15 is 0 Å². The van der Waals surface area contributed by atoms with E-state index in [0.717, 1.165) is 0 Å². The minimum atomic E-state index is -4.82. The van der Waals surface area contributed by atoms with Gasteiger partial charge in [0, 0.05) is 48.4 Å². The molecule has 0 saturated carbocycles. The summed E-state index contributed by atoms with van der Waals surface area (Å²) >= 11 is 0. The molecule has 0 saturated heterocycles. The van der Waals surface area contributed by atoms with Crippen LogP contribution in [0.15, 0.2) is 55.0 Å². The number of aliphatic hydroxyl groups is 1. The van der Waals surface area contributed by atoms with Gasteiger partial charge in [0.15, 0.2) is 5.69 Å². The van der Waals surface area contributed by atoms with Gasteiger partial charge in [-0.1, -0.05) is 12.1 Å². The molecule has 0 radical (unpaired) electrons. The molecule has 4 aromatic rings. The van der Waals surface area contributed by atoms with Crippen molar-refractivity contribution in [2.75, 3.05) is 24.3 Å². The molecule has 0 spiro atoms. The van der Waals surface area contributed by atoms with Crippen LogP contribution >= 0.6 is 8.25 Å². The lowest BCUT2D eigenvalue weighted by molar-refractivity contribution is -0.137. The molecule has 43 heavy (non-hydrogen) atoms. The number of benzene rings is 1. The van der Waals surface area contributed by atoms with E-state index in [2.05, 4.69) is 40.5 Å². The number of nitrogens with zero attached hydrogens (tertiary/aromatic N) is 5. The third-order valence-corrected chi connectivity index (χ3v) is 6.31. The molecule has 1 amide bonds. The molecular formula is C26H27F3N8O5P+. The van der Waals surface area contributed by atoms with Gasteiger partial charge < -0.3 is 21.1 Å². The maximum Gasteiger partial charge on any atom is 0.695 e. The fraction of sp³-hybridized carbons (Fsp3) is 0.269. The average molecular weight is 620 g/mol. The smallest absolute Gasteiger partial charge is 0.396 e. The predicted octanol–water partition coefficient (Wildman–Crippen LogP) is 4.54. The van der Waals surface area contributed by atoms with Crippen LogP contribution in [-0.4, -0.2) is 54.3 Å². The zero-order chi connectivity index (χ0) is 31.0. The molecule has 1 unspecified atom stereocenters. The van der Waals surface area contributed by atoms with E-state index in [0.29, 0.717) is 48.1 Å². The first kappa shape index (κ1) is 31.4. The molecule has 3 heterocycles.